The topological polar surface area (TPSA) is 33.6 Å². The molecule has 0 amide bonds. The Morgan fingerprint density at radius 2 is 0.962 bits per heavy atom. The molecule has 0 aliphatic carbocycles. The summed E-state index contributed by atoms with van der Waals surface area (Å²) in [5.74, 6) is 0. The number of halogens is 9. The summed E-state index contributed by atoms with van der Waals surface area (Å²) in [5, 5.41) is 12.4. The molecular weight excluding hydrogens is 705 g/mol. The molecule has 264 valence electrons. The molecule has 8 rings (SSSR count). The first-order chi connectivity index (χ1) is 25.1. The fraction of sp³-hybridized carbons (Fsp3) is 0.0976. The minimum absolute atomic E-state index is 0.0287. The fourth-order valence-corrected chi connectivity index (χ4v) is 7.31. The van der Waals surface area contributed by atoms with Gasteiger partial charge in [0.25, 0.3) is 0 Å². The molecule has 0 fully saturated rings. The number of alkyl halides is 9. The van der Waals surface area contributed by atoms with Crippen LogP contribution in [0.3, 0.4) is 0 Å². The summed E-state index contributed by atoms with van der Waals surface area (Å²) >= 11 is 0. The van der Waals surface area contributed by atoms with Crippen LogP contribution < -0.4 is 0 Å². The molecule has 2 aromatic heterocycles. The maximum absolute atomic E-state index is 14.6. The van der Waals surface area contributed by atoms with Crippen molar-refractivity contribution in [1.82, 2.24) is 9.13 Å². The third-order valence-electron chi connectivity index (χ3n) is 9.57. The average molecular weight is 728 g/mol. The van der Waals surface area contributed by atoms with Crippen LogP contribution in [0.15, 0.2) is 115 Å². The van der Waals surface area contributed by atoms with Gasteiger partial charge in [0.2, 0.25) is 0 Å². The first-order valence-corrected chi connectivity index (χ1v) is 16.0. The highest BCUT2D eigenvalue weighted by molar-refractivity contribution is 6.12. The van der Waals surface area contributed by atoms with Gasteiger partial charge in [-0.2, -0.15) is 44.8 Å². The molecule has 2 heterocycles. The van der Waals surface area contributed by atoms with Crippen LogP contribution in [0.2, 0.25) is 0 Å². The summed E-state index contributed by atoms with van der Waals surface area (Å²) in [4.78, 5) is 0. The lowest BCUT2D eigenvalue weighted by molar-refractivity contribution is -0.138. The standard InChI is InChI=1S/C41H22F9N3/c1-22-7-6-10-31(41(48,49)50)38(22)30-20-37(53-33-12-5-3-9-27(33)29-16-14-25(19-35(29)53)40(45,46)47)36(17-23(30)21-51)52-32-11-4-2-8-26(32)28-15-13-24(18-34(28)52)39(42,43)44/h2-20H,1H3. The van der Waals surface area contributed by atoms with E-state index >= 15 is 0 Å². The summed E-state index contributed by atoms with van der Waals surface area (Å²) in [5.41, 5.74) is -2.61. The van der Waals surface area contributed by atoms with E-state index in [1.54, 1.807) is 48.5 Å². The number of hydrogen-bond acceptors (Lipinski definition) is 1. The second-order valence-electron chi connectivity index (χ2n) is 12.7. The molecule has 0 aliphatic rings. The van der Waals surface area contributed by atoms with Crippen LogP contribution in [-0.2, 0) is 18.5 Å². The zero-order chi connectivity index (χ0) is 37.6. The monoisotopic (exact) mass is 727 g/mol. The molecule has 0 bridgehead atoms. The zero-order valence-electron chi connectivity index (χ0n) is 27.2. The van der Waals surface area contributed by atoms with Crippen LogP contribution in [0.1, 0.15) is 27.8 Å². The summed E-state index contributed by atoms with van der Waals surface area (Å²) in [6.45, 7) is 1.45. The summed E-state index contributed by atoms with van der Waals surface area (Å²) in [6.07, 6.45) is -14.4. The maximum atomic E-state index is 14.6. The Bertz CT molecular complexity index is 2830. The van der Waals surface area contributed by atoms with Gasteiger partial charge in [0.05, 0.1) is 61.8 Å². The maximum Gasteiger partial charge on any atom is 0.417 e. The third-order valence-corrected chi connectivity index (χ3v) is 9.57. The van der Waals surface area contributed by atoms with Gasteiger partial charge in [0.1, 0.15) is 0 Å². The SMILES string of the molecule is Cc1cccc(C(F)(F)F)c1-c1cc(-n2c3ccccc3c3ccc(C(F)(F)F)cc32)c(-n2c3ccccc3c3ccc(C(F)(F)F)cc32)cc1C#N. The summed E-state index contributed by atoms with van der Waals surface area (Å²) in [7, 11) is 0. The van der Waals surface area contributed by atoms with Crippen LogP contribution in [0.5, 0.6) is 0 Å². The fourth-order valence-electron chi connectivity index (χ4n) is 7.31. The van der Waals surface area contributed by atoms with E-state index < -0.39 is 35.2 Å². The normalized spacial score (nSPS) is 12.7. The highest BCUT2D eigenvalue weighted by Crippen LogP contribution is 2.46. The molecule has 0 saturated carbocycles. The smallest absolute Gasteiger partial charge is 0.307 e. The molecule has 6 aromatic carbocycles. The molecule has 0 saturated heterocycles. The molecular formula is C41H22F9N3. The largest absolute Gasteiger partial charge is 0.417 e. The Morgan fingerprint density at radius 1 is 0.491 bits per heavy atom. The van der Waals surface area contributed by atoms with Gasteiger partial charge in [0, 0.05) is 27.1 Å². The van der Waals surface area contributed by atoms with E-state index in [4.69, 9.17) is 0 Å². The van der Waals surface area contributed by atoms with Crippen LogP contribution in [0, 0.1) is 18.3 Å². The van der Waals surface area contributed by atoms with E-state index in [9.17, 15) is 44.8 Å². The predicted molar refractivity (Wildman–Crippen MR) is 185 cm³/mol. The first-order valence-electron chi connectivity index (χ1n) is 16.0. The van der Waals surface area contributed by atoms with Crippen molar-refractivity contribution in [1.29, 1.82) is 5.26 Å². The Kier molecular flexibility index (Phi) is 7.45. The van der Waals surface area contributed by atoms with E-state index in [0.29, 0.717) is 32.6 Å². The minimum Gasteiger partial charge on any atom is -0.307 e. The lowest BCUT2D eigenvalue weighted by Gasteiger charge is -2.22. The van der Waals surface area contributed by atoms with Gasteiger partial charge in [-0.15, -0.1) is 0 Å². The van der Waals surface area contributed by atoms with Crippen molar-refractivity contribution in [2.45, 2.75) is 25.5 Å². The van der Waals surface area contributed by atoms with Crippen molar-refractivity contribution in [3.63, 3.8) is 0 Å². The van der Waals surface area contributed by atoms with Crippen molar-refractivity contribution < 1.29 is 39.5 Å². The van der Waals surface area contributed by atoms with E-state index in [1.807, 2.05) is 6.07 Å². The van der Waals surface area contributed by atoms with Crippen molar-refractivity contribution >= 4 is 43.6 Å². The minimum atomic E-state index is -4.86. The molecule has 0 radical (unpaired) electrons. The predicted octanol–water partition coefficient (Wildman–Crippen LogP) is 12.8. The van der Waals surface area contributed by atoms with Gasteiger partial charge < -0.3 is 9.13 Å². The molecule has 12 heteroatoms. The lowest BCUT2D eigenvalue weighted by Crippen LogP contribution is -2.11. The van der Waals surface area contributed by atoms with Gasteiger partial charge in [-0.1, -0.05) is 60.7 Å². The summed E-state index contributed by atoms with van der Waals surface area (Å²) < 4.78 is 132. The highest BCUT2D eigenvalue weighted by atomic mass is 19.4. The number of rotatable bonds is 3. The van der Waals surface area contributed by atoms with Gasteiger partial charge in [-0.05, 0) is 72.6 Å². The van der Waals surface area contributed by atoms with Crippen molar-refractivity contribution in [3.8, 4) is 28.6 Å². The molecule has 8 aromatic rings. The van der Waals surface area contributed by atoms with E-state index in [1.165, 1.54) is 52.5 Å². The number of hydrogen-bond donors (Lipinski definition) is 0. The van der Waals surface area contributed by atoms with Crippen LogP contribution in [0.25, 0.3) is 66.1 Å². The molecule has 0 atom stereocenters. The van der Waals surface area contributed by atoms with Crippen LogP contribution in [-0.4, -0.2) is 9.13 Å². The number of nitriles is 1. The molecule has 0 N–H and O–H groups in total. The van der Waals surface area contributed by atoms with Gasteiger partial charge in [0.15, 0.2) is 0 Å². The molecule has 0 aliphatic heterocycles. The number of nitrogens with zero attached hydrogens (tertiary/aromatic N) is 3. The van der Waals surface area contributed by atoms with E-state index in [2.05, 4.69) is 0 Å². The highest BCUT2D eigenvalue weighted by Gasteiger charge is 2.36. The van der Waals surface area contributed by atoms with Crippen LogP contribution >= 0.6 is 0 Å². The Hall–Kier alpha value is -6.22. The molecule has 3 nitrogen and oxygen atoms in total. The average Bonchev–Trinajstić information content (AvgIpc) is 3.62. The Labute approximate surface area is 294 Å². The quantitative estimate of drug-likeness (QED) is 0.167. The number of fused-ring (bicyclic) bond motifs is 6. The number of benzene rings is 6. The van der Waals surface area contributed by atoms with Gasteiger partial charge in [-0.3, -0.25) is 0 Å². The number of aromatic nitrogens is 2. The molecule has 0 unspecified atom stereocenters. The third kappa shape index (κ3) is 5.37. The zero-order valence-corrected chi connectivity index (χ0v) is 27.2. The van der Waals surface area contributed by atoms with Gasteiger partial charge >= 0.3 is 18.5 Å². The van der Waals surface area contributed by atoms with E-state index in [-0.39, 0.29) is 44.7 Å². The Balaban J connectivity index is 1.61. The van der Waals surface area contributed by atoms with Gasteiger partial charge in [-0.25, -0.2) is 0 Å². The molecule has 0 spiro atoms. The number of aryl methyl sites for hydroxylation is 1. The van der Waals surface area contributed by atoms with Crippen molar-refractivity contribution in [2.24, 2.45) is 0 Å². The lowest BCUT2D eigenvalue weighted by atomic mass is 9.90. The van der Waals surface area contributed by atoms with Crippen molar-refractivity contribution in [3.05, 3.63) is 143 Å². The second kappa shape index (κ2) is 11.6. The van der Waals surface area contributed by atoms with Crippen molar-refractivity contribution in [2.75, 3.05) is 0 Å². The van der Waals surface area contributed by atoms with E-state index in [0.717, 1.165) is 30.3 Å². The Morgan fingerprint density at radius 3 is 1.43 bits per heavy atom. The second-order valence-corrected chi connectivity index (χ2v) is 12.7. The first kappa shape index (κ1) is 33.9. The molecule has 53 heavy (non-hydrogen) atoms. The van der Waals surface area contributed by atoms with Crippen LogP contribution in [0.4, 0.5) is 39.5 Å². The number of para-hydroxylation sites is 2. The summed E-state index contributed by atoms with van der Waals surface area (Å²) in [6, 6.07) is 27.8.